The molecule has 84 valence electrons. The van der Waals surface area contributed by atoms with Crippen molar-refractivity contribution in [1.29, 1.82) is 0 Å². The standard InChI is InChI=1S/C11H17NO3/c1-8-4-5-9(15-8)11(2,7-12)6-10(13)14-3/h4-5H,6-7,12H2,1-3H3. The number of esters is 1. The summed E-state index contributed by atoms with van der Waals surface area (Å²) >= 11 is 0. The molecule has 1 aromatic rings. The lowest BCUT2D eigenvalue weighted by atomic mass is 9.84. The summed E-state index contributed by atoms with van der Waals surface area (Å²) in [4.78, 5) is 11.2. The Morgan fingerprint density at radius 2 is 2.27 bits per heavy atom. The van der Waals surface area contributed by atoms with Crippen molar-refractivity contribution in [2.75, 3.05) is 13.7 Å². The first-order chi connectivity index (χ1) is 7.01. The van der Waals surface area contributed by atoms with Crippen molar-refractivity contribution in [3.05, 3.63) is 23.7 Å². The number of hydrogen-bond donors (Lipinski definition) is 1. The van der Waals surface area contributed by atoms with E-state index in [-0.39, 0.29) is 12.4 Å². The van der Waals surface area contributed by atoms with E-state index >= 15 is 0 Å². The first-order valence-electron chi connectivity index (χ1n) is 4.85. The number of ether oxygens (including phenoxy) is 1. The van der Waals surface area contributed by atoms with Crippen LogP contribution in [0.4, 0.5) is 0 Å². The zero-order valence-electron chi connectivity index (χ0n) is 9.37. The highest BCUT2D eigenvalue weighted by molar-refractivity contribution is 5.71. The molecule has 0 aliphatic heterocycles. The zero-order valence-corrected chi connectivity index (χ0v) is 9.37. The van der Waals surface area contributed by atoms with Gasteiger partial charge in [-0.1, -0.05) is 6.92 Å². The van der Waals surface area contributed by atoms with Crippen LogP contribution in [-0.2, 0) is 14.9 Å². The van der Waals surface area contributed by atoms with Crippen molar-refractivity contribution >= 4 is 5.97 Å². The number of carbonyl (C=O) groups is 1. The van der Waals surface area contributed by atoms with Crippen molar-refractivity contribution < 1.29 is 13.9 Å². The summed E-state index contributed by atoms with van der Waals surface area (Å²) in [5.41, 5.74) is 5.20. The van der Waals surface area contributed by atoms with Crippen LogP contribution in [0.15, 0.2) is 16.5 Å². The number of carbonyl (C=O) groups excluding carboxylic acids is 1. The van der Waals surface area contributed by atoms with Crippen molar-refractivity contribution in [3.8, 4) is 0 Å². The minimum Gasteiger partial charge on any atom is -0.469 e. The largest absolute Gasteiger partial charge is 0.469 e. The Bertz CT molecular complexity index is 345. The zero-order chi connectivity index (χ0) is 11.5. The van der Waals surface area contributed by atoms with Gasteiger partial charge in [-0.25, -0.2) is 0 Å². The molecule has 4 heteroatoms. The van der Waals surface area contributed by atoms with E-state index in [0.717, 1.165) is 11.5 Å². The Labute approximate surface area is 89.4 Å². The van der Waals surface area contributed by atoms with Gasteiger partial charge in [0.15, 0.2) is 0 Å². The molecule has 0 amide bonds. The highest BCUT2D eigenvalue weighted by Gasteiger charge is 2.31. The van der Waals surface area contributed by atoms with Gasteiger partial charge in [-0.15, -0.1) is 0 Å². The van der Waals surface area contributed by atoms with Gasteiger partial charge in [0.1, 0.15) is 11.5 Å². The van der Waals surface area contributed by atoms with Crippen molar-refractivity contribution in [2.24, 2.45) is 5.73 Å². The van der Waals surface area contributed by atoms with Crippen LogP contribution in [0.5, 0.6) is 0 Å². The number of aryl methyl sites for hydroxylation is 1. The van der Waals surface area contributed by atoms with Gasteiger partial charge in [-0.2, -0.15) is 0 Å². The fourth-order valence-corrected chi connectivity index (χ4v) is 1.41. The number of methoxy groups -OCH3 is 1. The number of hydrogen-bond acceptors (Lipinski definition) is 4. The maximum atomic E-state index is 11.2. The fourth-order valence-electron chi connectivity index (χ4n) is 1.41. The van der Waals surface area contributed by atoms with E-state index in [1.54, 1.807) is 0 Å². The van der Waals surface area contributed by atoms with Crippen molar-refractivity contribution in [2.45, 2.75) is 25.7 Å². The molecule has 1 rings (SSSR count). The second kappa shape index (κ2) is 4.49. The molecule has 1 heterocycles. The molecule has 0 radical (unpaired) electrons. The van der Waals surface area contributed by atoms with E-state index < -0.39 is 5.41 Å². The number of rotatable bonds is 4. The van der Waals surface area contributed by atoms with Gasteiger partial charge in [-0.05, 0) is 19.1 Å². The lowest BCUT2D eigenvalue weighted by molar-refractivity contribution is -0.142. The molecule has 0 aliphatic carbocycles. The Balaban J connectivity index is 2.89. The summed E-state index contributed by atoms with van der Waals surface area (Å²) in [6.07, 6.45) is 0.229. The Hall–Kier alpha value is -1.29. The maximum Gasteiger partial charge on any atom is 0.306 e. The molecule has 2 N–H and O–H groups in total. The molecule has 1 aromatic heterocycles. The van der Waals surface area contributed by atoms with Gasteiger partial charge < -0.3 is 14.9 Å². The number of nitrogens with two attached hydrogens (primary N) is 1. The van der Waals surface area contributed by atoms with Gasteiger partial charge in [-0.3, -0.25) is 4.79 Å². The molecular formula is C11H17NO3. The monoisotopic (exact) mass is 211 g/mol. The van der Waals surface area contributed by atoms with Gasteiger partial charge in [0.25, 0.3) is 0 Å². The normalized spacial score (nSPS) is 14.7. The summed E-state index contributed by atoms with van der Waals surface area (Å²) in [5, 5.41) is 0. The molecule has 0 saturated carbocycles. The molecule has 1 atom stereocenters. The third-order valence-electron chi connectivity index (χ3n) is 2.55. The predicted octanol–water partition coefficient (Wildman–Crippen LogP) is 1.37. The topological polar surface area (TPSA) is 65.5 Å². The van der Waals surface area contributed by atoms with Crippen LogP contribution in [0.2, 0.25) is 0 Å². The van der Waals surface area contributed by atoms with Crippen LogP contribution in [0.1, 0.15) is 24.9 Å². The van der Waals surface area contributed by atoms with Crippen LogP contribution in [-0.4, -0.2) is 19.6 Å². The molecule has 0 bridgehead atoms. The maximum absolute atomic E-state index is 11.2. The highest BCUT2D eigenvalue weighted by Crippen LogP contribution is 2.28. The third-order valence-corrected chi connectivity index (χ3v) is 2.55. The average Bonchev–Trinajstić information content (AvgIpc) is 2.65. The molecule has 0 saturated heterocycles. The summed E-state index contributed by atoms with van der Waals surface area (Å²) in [6.45, 7) is 4.09. The molecule has 0 aromatic carbocycles. The molecular weight excluding hydrogens is 194 g/mol. The minimum atomic E-state index is -0.485. The van der Waals surface area contributed by atoms with E-state index in [0.29, 0.717) is 6.54 Å². The van der Waals surface area contributed by atoms with Gasteiger partial charge >= 0.3 is 5.97 Å². The minimum absolute atomic E-state index is 0.229. The second-order valence-electron chi connectivity index (χ2n) is 3.93. The van der Waals surface area contributed by atoms with E-state index in [2.05, 4.69) is 4.74 Å². The molecule has 15 heavy (non-hydrogen) atoms. The van der Waals surface area contributed by atoms with E-state index in [9.17, 15) is 4.79 Å². The summed E-state index contributed by atoms with van der Waals surface area (Å²) in [6, 6.07) is 3.71. The quantitative estimate of drug-likeness (QED) is 0.764. The molecule has 0 spiro atoms. The fraction of sp³-hybridized carbons (Fsp3) is 0.545. The summed E-state index contributed by atoms with van der Waals surface area (Å²) in [7, 11) is 1.37. The SMILES string of the molecule is COC(=O)CC(C)(CN)c1ccc(C)o1. The van der Waals surface area contributed by atoms with Crippen LogP contribution >= 0.6 is 0 Å². The van der Waals surface area contributed by atoms with Gasteiger partial charge in [0.05, 0.1) is 13.5 Å². The lowest BCUT2D eigenvalue weighted by Crippen LogP contribution is -2.34. The van der Waals surface area contributed by atoms with Gasteiger partial charge in [0, 0.05) is 12.0 Å². The smallest absolute Gasteiger partial charge is 0.306 e. The van der Waals surface area contributed by atoms with Crippen molar-refractivity contribution in [1.82, 2.24) is 0 Å². The predicted molar refractivity (Wildman–Crippen MR) is 56.5 cm³/mol. The number of furan rings is 1. The lowest BCUT2D eigenvalue weighted by Gasteiger charge is -2.23. The van der Waals surface area contributed by atoms with Gasteiger partial charge in [0.2, 0.25) is 0 Å². The van der Waals surface area contributed by atoms with Crippen molar-refractivity contribution in [3.63, 3.8) is 0 Å². The van der Waals surface area contributed by atoms with E-state index in [1.165, 1.54) is 7.11 Å². The van der Waals surface area contributed by atoms with E-state index in [1.807, 2.05) is 26.0 Å². The molecule has 4 nitrogen and oxygen atoms in total. The van der Waals surface area contributed by atoms with Crippen LogP contribution in [0, 0.1) is 6.92 Å². The third kappa shape index (κ3) is 2.59. The second-order valence-corrected chi connectivity index (χ2v) is 3.93. The van der Waals surface area contributed by atoms with Crippen LogP contribution in [0.25, 0.3) is 0 Å². The Kier molecular flexibility index (Phi) is 3.52. The first kappa shape index (κ1) is 11.8. The highest BCUT2D eigenvalue weighted by atomic mass is 16.5. The molecule has 0 fully saturated rings. The van der Waals surface area contributed by atoms with Crippen LogP contribution in [0.3, 0.4) is 0 Å². The Morgan fingerprint density at radius 1 is 1.60 bits per heavy atom. The Morgan fingerprint density at radius 3 is 2.67 bits per heavy atom. The summed E-state index contributed by atoms with van der Waals surface area (Å²) in [5.74, 6) is 1.26. The van der Waals surface area contributed by atoms with Crippen LogP contribution < -0.4 is 5.73 Å². The average molecular weight is 211 g/mol. The summed E-state index contributed by atoms with van der Waals surface area (Å²) < 4.78 is 10.1. The molecule has 1 unspecified atom stereocenters. The molecule has 0 aliphatic rings. The van der Waals surface area contributed by atoms with E-state index in [4.69, 9.17) is 10.2 Å². The first-order valence-corrected chi connectivity index (χ1v) is 4.85.